The third-order valence-corrected chi connectivity index (χ3v) is 3.07. The second kappa shape index (κ2) is 4.66. The van der Waals surface area contributed by atoms with E-state index in [2.05, 4.69) is 10.2 Å². The maximum absolute atomic E-state index is 13.2. The molecule has 4 heteroatoms. The van der Waals surface area contributed by atoms with E-state index < -0.39 is 0 Å². The first-order valence-electron chi connectivity index (χ1n) is 5.09. The molecule has 16 heavy (non-hydrogen) atoms. The highest BCUT2D eigenvalue weighted by atomic mass is 35.5. The minimum atomic E-state index is -0.232. The van der Waals surface area contributed by atoms with E-state index in [0.717, 1.165) is 29.5 Å². The molecule has 2 rings (SSSR count). The summed E-state index contributed by atoms with van der Waals surface area (Å²) < 4.78 is 13.2. The predicted molar refractivity (Wildman–Crippen MR) is 62.1 cm³/mol. The first-order chi connectivity index (χ1) is 7.66. The fraction of sp³-hybridized carbons (Fsp3) is 0.250. The summed E-state index contributed by atoms with van der Waals surface area (Å²) in [6.07, 6.45) is 5.12. The van der Waals surface area contributed by atoms with Crippen molar-refractivity contribution in [1.82, 2.24) is 10.2 Å². The molecule has 0 bridgehead atoms. The van der Waals surface area contributed by atoms with Gasteiger partial charge in [-0.05, 0) is 48.6 Å². The number of halogens is 2. The summed E-state index contributed by atoms with van der Waals surface area (Å²) in [4.78, 5) is 0. The van der Waals surface area contributed by atoms with Crippen molar-refractivity contribution in [3.05, 3.63) is 52.1 Å². The molecule has 0 fully saturated rings. The van der Waals surface area contributed by atoms with Crippen LogP contribution in [0.4, 0.5) is 4.39 Å². The Morgan fingerprint density at radius 2 is 2.19 bits per heavy atom. The lowest BCUT2D eigenvalue weighted by molar-refractivity contribution is 0.624. The highest BCUT2D eigenvalue weighted by Gasteiger charge is 2.06. The van der Waals surface area contributed by atoms with Crippen LogP contribution in [-0.4, -0.2) is 10.2 Å². The zero-order valence-corrected chi connectivity index (χ0v) is 9.68. The lowest BCUT2D eigenvalue weighted by atomic mass is 10.0. The third-order valence-electron chi connectivity index (χ3n) is 2.53. The third kappa shape index (κ3) is 2.42. The Bertz CT molecular complexity index is 480. The normalized spacial score (nSPS) is 10.7. The number of nitrogens with one attached hydrogen (secondary N) is 1. The number of aromatic nitrogens is 2. The second-order valence-corrected chi connectivity index (χ2v) is 4.18. The van der Waals surface area contributed by atoms with Crippen molar-refractivity contribution >= 4 is 11.6 Å². The molecule has 0 aliphatic rings. The van der Waals surface area contributed by atoms with Crippen molar-refractivity contribution in [3.8, 4) is 0 Å². The van der Waals surface area contributed by atoms with Gasteiger partial charge in [-0.25, -0.2) is 4.39 Å². The molecule has 0 aliphatic heterocycles. The maximum atomic E-state index is 13.2. The standard InChI is InChI=1S/C12H12ClFN2/c1-8-4-11(14)5-10(12(8)13)3-2-9-6-15-16-7-9/h4-7H,2-3H2,1H3,(H,15,16). The quantitative estimate of drug-likeness (QED) is 0.873. The summed E-state index contributed by atoms with van der Waals surface area (Å²) in [6, 6.07) is 2.94. The van der Waals surface area contributed by atoms with Crippen LogP contribution in [0.2, 0.25) is 5.02 Å². The molecule has 1 aromatic carbocycles. The Labute approximate surface area is 98.4 Å². The Balaban J connectivity index is 2.15. The van der Waals surface area contributed by atoms with Crippen LogP contribution in [-0.2, 0) is 12.8 Å². The fourth-order valence-electron chi connectivity index (χ4n) is 1.67. The van der Waals surface area contributed by atoms with Crippen LogP contribution in [0.15, 0.2) is 24.5 Å². The molecule has 0 radical (unpaired) electrons. The van der Waals surface area contributed by atoms with Crippen LogP contribution in [0.25, 0.3) is 0 Å². The predicted octanol–water partition coefficient (Wildman–Crippen LogP) is 3.30. The van der Waals surface area contributed by atoms with E-state index in [1.54, 1.807) is 6.20 Å². The van der Waals surface area contributed by atoms with Crippen molar-refractivity contribution in [2.75, 3.05) is 0 Å². The Hall–Kier alpha value is -1.35. The number of H-pyrrole nitrogens is 1. The number of hydrogen-bond acceptors (Lipinski definition) is 1. The molecule has 2 nitrogen and oxygen atoms in total. The van der Waals surface area contributed by atoms with Gasteiger partial charge in [-0.15, -0.1) is 0 Å². The van der Waals surface area contributed by atoms with Gasteiger partial charge in [0.2, 0.25) is 0 Å². The number of benzene rings is 1. The van der Waals surface area contributed by atoms with E-state index in [4.69, 9.17) is 11.6 Å². The van der Waals surface area contributed by atoms with Gasteiger partial charge < -0.3 is 0 Å². The molecular formula is C12H12ClFN2. The molecule has 0 spiro atoms. The molecule has 0 saturated carbocycles. The van der Waals surface area contributed by atoms with Gasteiger partial charge in [0.05, 0.1) is 6.20 Å². The molecular weight excluding hydrogens is 227 g/mol. The van der Waals surface area contributed by atoms with Gasteiger partial charge in [0.15, 0.2) is 0 Å². The number of aromatic amines is 1. The summed E-state index contributed by atoms with van der Waals surface area (Å²) >= 11 is 6.12. The first kappa shape index (κ1) is 11.1. The minimum absolute atomic E-state index is 0.232. The Morgan fingerprint density at radius 3 is 2.88 bits per heavy atom. The van der Waals surface area contributed by atoms with E-state index in [1.165, 1.54) is 12.1 Å². The summed E-state index contributed by atoms with van der Waals surface area (Å²) in [5.74, 6) is -0.232. The number of nitrogens with zero attached hydrogens (tertiary/aromatic N) is 1. The van der Waals surface area contributed by atoms with Crippen LogP contribution >= 0.6 is 11.6 Å². The highest BCUT2D eigenvalue weighted by molar-refractivity contribution is 6.32. The molecule has 1 N–H and O–H groups in total. The average Bonchev–Trinajstić information content (AvgIpc) is 2.74. The van der Waals surface area contributed by atoms with E-state index in [-0.39, 0.29) is 5.82 Å². The van der Waals surface area contributed by atoms with Crippen LogP contribution in [0, 0.1) is 12.7 Å². The lowest BCUT2D eigenvalue weighted by Gasteiger charge is -2.06. The van der Waals surface area contributed by atoms with Crippen LogP contribution in [0.5, 0.6) is 0 Å². The largest absolute Gasteiger partial charge is 0.285 e. The molecule has 0 saturated heterocycles. The summed E-state index contributed by atoms with van der Waals surface area (Å²) in [5, 5.41) is 7.26. The number of hydrogen-bond donors (Lipinski definition) is 1. The lowest BCUT2D eigenvalue weighted by Crippen LogP contribution is -1.94. The molecule has 1 aromatic heterocycles. The van der Waals surface area contributed by atoms with E-state index in [9.17, 15) is 4.39 Å². The monoisotopic (exact) mass is 238 g/mol. The average molecular weight is 239 g/mol. The zero-order valence-electron chi connectivity index (χ0n) is 8.93. The van der Waals surface area contributed by atoms with Crippen LogP contribution in [0.3, 0.4) is 0 Å². The molecule has 0 unspecified atom stereocenters. The van der Waals surface area contributed by atoms with Crippen LogP contribution < -0.4 is 0 Å². The van der Waals surface area contributed by atoms with Gasteiger partial charge in [0.25, 0.3) is 0 Å². The topological polar surface area (TPSA) is 28.7 Å². The van der Waals surface area contributed by atoms with Crippen LogP contribution in [0.1, 0.15) is 16.7 Å². The number of aryl methyl sites for hydroxylation is 3. The number of rotatable bonds is 3. The van der Waals surface area contributed by atoms with Crippen molar-refractivity contribution in [3.63, 3.8) is 0 Å². The zero-order chi connectivity index (χ0) is 11.5. The van der Waals surface area contributed by atoms with Gasteiger partial charge in [0, 0.05) is 11.2 Å². The van der Waals surface area contributed by atoms with E-state index in [1.807, 2.05) is 13.1 Å². The molecule has 0 atom stereocenters. The molecule has 2 aromatic rings. The molecule has 84 valence electrons. The highest BCUT2D eigenvalue weighted by Crippen LogP contribution is 2.23. The van der Waals surface area contributed by atoms with Gasteiger partial charge in [-0.1, -0.05) is 11.6 Å². The van der Waals surface area contributed by atoms with Crippen molar-refractivity contribution in [2.45, 2.75) is 19.8 Å². The molecule has 0 amide bonds. The molecule has 0 aliphatic carbocycles. The van der Waals surface area contributed by atoms with Gasteiger partial charge in [-0.3, -0.25) is 5.10 Å². The van der Waals surface area contributed by atoms with Crippen molar-refractivity contribution in [2.24, 2.45) is 0 Å². The van der Waals surface area contributed by atoms with E-state index in [0.29, 0.717) is 5.02 Å². The summed E-state index contributed by atoms with van der Waals surface area (Å²) in [6.45, 7) is 1.81. The van der Waals surface area contributed by atoms with Crippen molar-refractivity contribution in [1.29, 1.82) is 0 Å². The minimum Gasteiger partial charge on any atom is -0.285 e. The second-order valence-electron chi connectivity index (χ2n) is 3.80. The maximum Gasteiger partial charge on any atom is 0.123 e. The van der Waals surface area contributed by atoms with Crippen molar-refractivity contribution < 1.29 is 4.39 Å². The van der Waals surface area contributed by atoms with Gasteiger partial charge >= 0.3 is 0 Å². The smallest absolute Gasteiger partial charge is 0.123 e. The summed E-state index contributed by atoms with van der Waals surface area (Å²) in [5.41, 5.74) is 2.72. The first-order valence-corrected chi connectivity index (χ1v) is 5.47. The van der Waals surface area contributed by atoms with Gasteiger partial charge in [0.1, 0.15) is 5.82 Å². The van der Waals surface area contributed by atoms with Gasteiger partial charge in [-0.2, -0.15) is 5.10 Å². The molecule has 1 heterocycles. The Morgan fingerprint density at radius 1 is 1.38 bits per heavy atom. The fourth-order valence-corrected chi connectivity index (χ4v) is 1.87. The SMILES string of the molecule is Cc1cc(F)cc(CCc2cn[nH]c2)c1Cl. The Kier molecular flexibility index (Phi) is 3.25. The van der Waals surface area contributed by atoms with E-state index >= 15 is 0 Å². The summed E-state index contributed by atoms with van der Waals surface area (Å²) in [7, 11) is 0.